The highest BCUT2D eigenvalue weighted by Gasteiger charge is 2.21. The van der Waals surface area contributed by atoms with E-state index in [0.29, 0.717) is 18.3 Å². The Morgan fingerprint density at radius 3 is 3.00 bits per heavy atom. The number of nitrogen functional groups attached to an aromatic ring is 1. The first-order chi connectivity index (χ1) is 11.6. The van der Waals surface area contributed by atoms with Crippen molar-refractivity contribution in [1.82, 2.24) is 14.9 Å². The van der Waals surface area contributed by atoms with Crippen molar-refractivity contribution in [3.05, 3.63) is 34.4 Å². The average Bonchev–Trinajstić information content (AvgIpc) is 2.83. The zero-order valence-corrected chi connectivity index (χ0v) is 14.7. The molecule has 3 N–H and O–H groups in total. The van der Waals surface area contributed by atoms with Crippen LogP contribution in [0.15, 0.2) is 23.7 Å². The number of carbonyl (C=O) groups is 1. The van der Waals surface area contributed by atoms with Crippen molar-refractivity contribution in [2.24, 2.45) is 0 Å². The summed E-state index contributed by atoms with van der Waals surface area (Å²) >= 11 is 1.59. The number of hydrogen-bond donors (Lipinski definition) is 2. The number of nitrogens with zero attached hydrogens (tertiary/aromatic N) is 3. The van der Waals surface area contributed by atoms with Gasteiger partial charge >= 0.3 is 0 Å². The maximum Gasteiger partial charge on any atom is 0.228 e. The summed E-state index contributed by atoms with van der Waals surface area (Å²) in [6, 6.07) is 4.10. The van der Waals surface area contributed by atoms with Crippen molar-refractivity contribution in [2.75, 3.05) is 24.1 Å². The third-order valence-corrected chi connectivity index (χ3v) is 5.06. The van der Waals surface area contributed by atoms with Crippen molar-refractivity contribution in [3.8, 4) is 0 Å². The highest BCUT2D eigenvalue weighted by molar-refractivity contribution is 7.09. The number of nitrogens with one attached hydrogen (secondary N) is 1. The monoisotopic (exact) mass is 345 g/mol. The van der Waals surface area contributed by atoms with E-state index in [-0.39, 0.29) is 5.91 Å². The van der Waals surface area contributed by atoms with E-state index in [1.165, 1.54) is 0 Å². The zero-order chi connectivity index (χ0) is 16.9. The Balaban J connectivity index is 1.52. The largest absolute Gasteiger partial charge is 0.384 e. The molecule has 128 valence electrons. The van der Waals surface area contributed by atoms with E-state index in [0.717, 1.165) is 48.7 Å². The van der Waals surface area contributed by atoms with Gasteiger partial charge in [0.2, 0.25) is 5.91 Å². The van der Waals surface area contributed by atoms with Gasteiger partial charge < -0.3 is 16.0 Å². The molecule has 1 fully saturated rings. The van der Waals surface area contributed by atoms with Crippen LogP contribution in [0.4, 0.5) is 11.5 Å². The Bertz CT molecular complexity index is 685. The highest BCUT2D eigenvalue weighted by atomic mass is 32.1. The number of nitrogens with two attached hydrogens (primary N) is 1. The summed E-state index contributed by atoms with van der Waals surface area (Å²) in [7, 11) is 0. The Labute approximate surface area is 146 Å². The van der Waals surface area contributed by atoms with Gasteiger partial charge in [-0.2, -0.15) is 0 Å². The third-order valence-electron chi connectivity index (χ3n) is 4.24. The van der Waals surface area contributed by atoms with Crippen LogP contribution in [0.2, 0.25) is 0 Å². The summed E-state index contributed by atoms with van der Waals surface area (Å²) in [4.78, 5) is 22.9. The standard InChI is InChI=1S/C17H23N5OS/c1-12-20-15(11-24-12)9-17(23)22-7-2-3-13(6-8-22)21-14-4-5-16(18)19-10-14/h4-5,10-11,13,21H,2-3,6-9H2,1H3,(H2,18,19). The molecule has 3 heterocycles. The number of likely N-dealkylation sites (tertiary alicyclic amines) is 1. The number of aromatic nitrogens is 2. The normalized spacial score (nSPS) is 18.2. The number of amides is 1. The van der Waals surface area contributed by atoms with Gasteiger partial charge in [-0.05, 0) is 38.3 Å². The van der Waals surface area contributed by atoms with Gasteiger partial charge in [0, 0.05) is 24.5 Å². The zero-order valence-electron chi connectivity index (χ0n) is 13.9. The predicted octanol–water partition coefficient (Wildman–Crippen LogP) is 2.46. The fraction of sp³-hybridized carbons (Fsp3) is 0.471. The fourth-order valence-corrected chi connectivity index (χ4v) is 3.59. The molecule has 0 aliphatic carbocycles. The first-order valence-corrected chi connectivity index (χ1v) is 9.15. The Morgan fingerprint density at radius 1 is 1.42 bits per heavy atom. The predicted molar refractivity (Wildman–Crippen MR) is 97.0 cm³/mol. The van der Waals surface area contributed by atoms with Crippen molar-refractivity contribution >= 4 is 28.7 Å². The first-order valence-electron chi connectivity index (χ1n) is 8.27. The van der Waals surface area contributed by atoms with E-state index in [9.17, 15) is 4.79 Å². The van der Waals surface area contributed by atoms with Gasteiger partial charge in [-0.3, -0.25) is 4.79 Å². The lowest BCUT2D eigenvalue weighted by atomic mass is 10.1. The molecule has 1 amide bonds. The van der Waals surface area contributed by atoms with Gasteiger partial charge in [0.25, 0.3) is 0 Å². The SMILES string of the molecule is Cc1nc(CC(=O)N2CCCC(Nc3ccc(N)nc3)CC2)cs1. The summed E-state index contributed by atoms with van der Waals surface area (Å²) in [6.07, 6.45) is 5.15. The molecular formula is C17H23N5OS. The molecule has 0 radical (unpaired) electrons. The lowest BCUT2D eigenvalue weighted by Gasteiger charge is -2.21. The van der Waals surface area contributed by atoms with Gasteiger partial charge in [0.15, 0.2) is 0 Å². The van der Waals surface area contributed by atoms with E-state index in [4.69, 9.17) is 5.73 Å². The average molecular weight is 345 g/mol. The molecule has 24 heavy (non-hydrogen) atoms. The minimum Gasteiger partial charge on any atom is -0.384 e. The molecule has 0 aromatic carbocycles. The van der Waals surface area contributed by atoms with Gasteiger partial charge in [-0.1, -0.05) is 0 Å². The maximum atomic E-state index is 12.5. The Hall–Kier alpha value is -2.15. The summed E-state index contributed by atoms with van der Waals surface area (Å²) in [5.74, 6) is 0.700. The lowest BCUT2D eigenvalue weighted by Crippen LogP contribution is -2.33. The van der Waals surface area contributed by atoms with Gasteiger partial charge in [-0.15, -0.1) is 11.3 Å². The number of carbonyl (C=O) groups excluding carboxylic acids is 1. The number of rotatable bonds is 4. The molecule has 1 saturated heterocycles. The van der Waals surface area contributed by atoms with Gasteiger partial charge in [-0.25, -0.2) is 9.97 Å². The smallest absolute Gasteiger partial charge is 0.228 e. The number of aryl methyl sites for hydroxylation is 1. The fourth-order valence-electron chi connectivity index (χ4n) is 2.97. The molecule has 6 nitrogen and oxygen atoms in total. The lowest BCUT2D eigenvalue weighted by molar-refractivity contribution is -0.130. The second-order valence-electron chi connectivity index (χ2n) is 6.16. The minimum atomic E-state index is 0.176. The van der Waals surface area contributed by atoms with Crippen LogP contribution in [0.3, 0.4) is 0 Å². The van der Waals surface area contributed by atoms with Crippen molar-refractivity contribution in [3.63, 3.8) is 0 Å². The van der Waals surface area contributed by atoms with Crippen LogP contribution in [0.25, 0.3) is 0 Å². The molecule has 0 spiro atoms. The van der Waals surface area contributed by atoms with Crippen molar-refractivity contribution < 1.29 is 4.79 Å². The molecule has 1 aliphatic rings. The van der Waals surface area contributed by atoms with E-state index in [1.54, 1.807) is 23.6 Å². The molecule has 3 rings (SSSR count). The second-order valence-corrected chi connectivity index (χ2v) is 7.22. The molecule has 0 saturated carbocycles. The summed E-state index contributed by atoms with van der Waals surface area (Å²) in [6.45, 7) is 3.56. The number of pyridine rings is 1. The minimum absolute atomic E-state index is 0.176. The second kappa shape index (κ2) is 7.61. The molecule has 2 aromatic heterocycles. The van der Waals surface area contributed by atoms with Crippen molar-refractivity contribution in [1.29, 1.82) is 0 Å². The number of thiazole rings is 1. The van der Waals surface area contributed by atoms with E-state index in [1.807, 2.05) is 23.3 Å². The molecular weight excluding hydrogens is 322 g/mol. The summed E-state index contributed by atoms with van der Waals surface area (Å²) in [5, 5.41) is 6.48. The van der Waals surface area contributed by atoms with Crippen molar-refractivity contribution in [2.45, 2.75) is 38.6 Å². The number of anilines is 2. The van der Waals surface area contributed by atoms with Gasteiger partial charge in [0.05, 0.1) is 29.0 Å². The van der Waals surface area contributed by atoms with Crippen LogP contribution < -0.4 is 11.1 Å². The molecule has 1 aliphatic heterocycles. The van der Waals surface area contributed by atoms with E-state index in [2.05, 4.69) is 15.3 Å². The van der Waals surface area contributed by atoms with Crippen LogP contribution in [-0.4, -0.2) is 39.9 Å². The van der Waals surface area contributed by atoms with Crippen LogP contribution >= 0.6 is 11.3 Å². The quantitative estimate of drug-likeness (QED) is 0.889. The Morgan fingerprint density at radius 2 is 2.29 bits per heavy atom. The molecule has 1 atom stereocenters. The highest BCUT2D eigenvalue weighted by Crippen LogP contribution is 2.18. The third kappa shape index (κ3) is 4.44. The topological polar surface area (TPSA) is 84.1 Å². The molecule has 1 unspecified atom stereocenters. The maximum absolute atomic E-state index is 12.5. The van der Waals surface area contributed by atoms with Crippen LogP contribution in [-0.2, 0) is 11.2 Å². The van der Waals surface area contributed by atoms with Crippen LogP contribution in [0, 0.1) is 6.92 Å². The van der Waals surface area contributed by atoms with Crippen LogP contribution in [0.1, 0.15) is 30.0 Å². The van der Waals surface area contributed by atoms with E-state index < -0.39 is 0 Å². The number of hydrogen-bond acceptors (Lipinski definition) is 6. The molecule has 7 heteroatoms. The van der Waals surface area contributed by atoms with E-state index >= 15 is 0 Å². The summed E-state index contributed by atoms with van der Waals surface area (Å²) < 4.78 is 0. The Kier molecular flexibility index (Phi) is 5.30. The van der Waals surface area contributed by atoms with Gasteiger partial charge in [0.1, 0.15) is 5.82 Å². The summed E-state index contributed by atoms with van der Waals surface area (Å²) in [5.41, 5.74) is 7.48. The molecule has 0 bridgehead atoms. The van der Waals surface area contributed by atoms with Crippen LogP contribution in [0.5, 0.6) is 0 Å². The molecule has 2 aromatic rings. The first kappa shape index (κ1) is 16.7.